The number of phenolic OH excluding ortho intramolecular Hbond substituents is 1. The van der Waals surface area contributed by atoms with Gasteiger partial charge in [-0.3, -0.25) is 4.79 Å². The van der Waals surface area contributed by atoms with Crippen molar-refractivity contribution >= 4 is 34.7 Å². The van der Waals surface area contributed by atoms with E-state index >= 15 is 0 Å². The summed E-state index contributed by atoms with van der Waals surface area (Å²) in [7, 11) is 0. The number of alkyl halides is 1. The van der Waals surface area contributed by atoms with E-state index in [0.29, 0.717) is 33.2 Å². The largest absolute Gasteiger partial charge is 0.507 e. The predicted molar refractivity (Wildman–Crippen MR) is 118 cm³/mol. The third kappa shape index (κ3) is 4.80. The van der Waals surface area contributed by atoms with Crippen LogP contribution in [0.5, 0.6) is 5.75 Å². The number of aromatic nitrogens is 1. The van der Waals surface area contributed by atoms with Crippen molar-refractivity contribution in [3.8, 4) is 17.0 Å². The van der Waals surface area contributed by atoms with Crippen LogP contribution in [0.3, 0.4) is 0 Å². The molecule has 6 nitrogen and oxygen atoms in total. The second-order valence-corrected chi connectivity index (χ2v) is 7.49. The highest BCUT2D eigenvalue weighted by Gasteiger charge is 2.15. The molecule has 30 heavy (non-hydrogen) atoms. The number of rotatable bonds is 6. The number of halogens is 2. The molecule has 1 aromatic heterocycles. The Morgan fingerprint density at radius 3 is 2.63 bits per heavy atom. The number of amides is 1. The average Bonchev–Trinajstić information content (AvgIpc) is 2.70. The molecule has 0 aliphatic heterocycles. The number of hydrogen-bond acceptors (Lipinski definition) is 5. The molecule has 0 fully saturated rings. The minimum atomic E-state index is -0.675. The standard InChI is InChI=1S/C22H22ClFN4O2/c1-12(2)26-22(30)16-5-7-19(28-21(16)25)17-10-15(4-8-20(17)29)27-18-6-3-14(23)9-13(18)11-24/h3-10,12,27,29H,11H2,1-2H3,(H2,25,28)(H,26,30). The number of hydrogen-bond donors (Lipinski definition) is 4. The van der Waals surface area contributed by atoms with Crippen LogP contribution < -0.4 is 16.4 Å². The van der Waals surface area contributed by atoms with Gasteiger partial charge in [0, 0.05) is 33.6 Å². The van der Waals surface area contributed by atoms with Crippen LogP contribution in [-0.4, -0.2) is 22.0 Å². The zero-order valence-electron chi connectivity index (χ0n) is 16.5. The number of nitrogens with zero attached hydrogens (tertiary/aromatic N) is 1. The highest BCUT2D eigenvalue weighted by molar-refractivity contribution is 6.30. The first-order valence-corrected chi connectivity index (χ1v) is 9.68. The molecule has 0 unspecified atom stereocenters. The second-order valence-electron chi connectivity index (χ2n) is 7.05. The third-order valence-electron chi connectivity index (χ3n) is 4.35. The van der Waals surface area contributed by atoms with Gasteiger partial charge in [0.1, 0.15) is 18.2 Å². The van der Waals surface area contributed by atoms with Crippen LogP contribution in [-0.2, 0) is 6.67 Å². The SMILES string of the molecule is CC(C)NC(=O)c1ccc(-c2cc(Nc3ccc(Cl)cc3CF)ccc2O)nc1N. The van der Waals surface area contributed by atoms with Crippen molar-refractivity contribution in [2.75, 3.05) is 11.1 Å². The van der Waals surface area contributed by atoms with Crippen molar-refractivity contribution < 1.29 is 14.3 Å². The molecule has 5 N–H and O–H groups in total. The summed E-state index contributed by atoms with van der Waals surface area (Å²) in [4.78, 5) is 16.5. The van der Waals surface area contributed by atoms with Gasteiger partial charge in [0.15, 0.2) is 0 Å². The van der Waals surface area contributed by atoms with Crippen molar-refractivity contribution in [3.63, 3.8) is 0 Å². The van der Waals surface area contributed by atoms with Crippen molar-refractivity contribution in [3.05, 3.63) is 64.7 Å². The number of phenols is 1. The van der Waals surface area contributed by atoms with Gasteiger partial charge in [-0.15, -0.1) is 0 Å². The summed E-state index contributed by atoms with van der Waals surface area (Å²) >= 11 is 5.93. The first-order chi connectivity index (χ1) is 14.3. The maximum atomic E-state index is 13.3. The van der Waals surface area contributed by atoms with Gasteiger partial charge in [-0.2, -0.15) is 0 Å². The maximum absolute atomic E-state index is 13.3. The molecule has 0 radical (unpaired) electrons. The Kier molecular flexibility index (Phi) is 6.42. The Morgan fingerprint density at radius 1 is 1.20 bits per heavy atom. The summed E-state index contributed by atoms with van der Waals surface area (Å²) in [6.07, 6.45) is 0. The van der Waals surface area contributed by atoms with Crippen LogP contribution in [0, 0.1) is 0 Å². The smallest absolute Gasteiger partial charge is 0.255 e. The van der Waals surface area contributed by atoms with E-state index in [1.54, 1.807) is 42.5 Å². The highest BCUT2D eigenvalue weighted by Crippen LogP contribution is 2.33. The number of nitrogens with one attached hydrogen (secondary N) is 2. The van der Waals surface area contributed by atoms with Crippen LogP contribution in [0.15, 0.2) is 48.5 Å². The Hall–Kier alpha value is -3.32. The molecule has 0 atom stereocenters. The van der Waals surface area contributed by atoms with E-state index in [9.17, 15) is 14.3 Å². The lowest BCUT2D eigenvalue weighted by Gasteiger charge is -2.14. The molecule has 3 aromatic rings. The van der Waals surface area contributed by atoms with E-state index in [1.165, 1.54) is 6.07 Å². The van der Waals surface area contributed by atoms with Crippen molar-refractivity contribution in [2.24, 2.45) is 0 Å². The molecule has 0 spiro atoms. The molecule has 0 saturated carbocycles. The molecule has 8 heteroatoms. The number of carbonyl (C=O) groups is 1. The monoisotopic (exact) mass is 428 g/mol. The predicted octanol–water partition coefficient (Wildman–Crippen LogP) is 5.04. The number of pyridine rings is 1. The van der Waals surface area contributed by atoms with Crippen LogP contribution in [0.2, 0.25) is 5.02 Å². The zero-order chi connectivity index (χ0) is 21.8. The Bertz CT molecular complexity index is 1090. The van der Waals surface area contributed by atoms with Gasteiger partial charge < -0.3 is 21.5 Å². The lowest BCUT2D eigenvalue weighted by Crippen LogP contribution is -2.30. The van der Waals surface area contributed by atoms with E-state index in [-0.39, 0.29) is 29.1 Å². The van der Waals surface area contributed by atoms with Gasteiger partial charge in [-0.25, -0.2) is 9.37 Å². The van der Waals surface area contributed by atoms with Crippen LogP contribution in [0.1, 0.15) is 29.8 Å². The molecule has 1 amide bonds. The van der Waals surface area contributed by atoms with Gasteiger partial charge in [-0.05, 0) is 62.4 Å². The highest BCUT2D eigenvalue weighted by atomic mass is 35.5. The van der Waals surface area contributed by atoms with Gasteiger partial charge >= 0.3 is 0 Å². The van der Waals surface area contributed by atoms with Crippen molar-refractivity contribution in [2.45, 2.75) is 26.6 Å². The molecular weight excluding hydrogens is 407 g/mol. The van der Waals surface area contributed by atoms with Gasteiger partial charge in [0.25, 0.3) is 5.91 Å². The molecule has 2 aromatic carbocycles. The fourth-order valence-electron chi connectivity index (χ4n) is 2.93. The van der Waals surface area contributed by atoms with Crippen LogP contribution >= 0.6 is 11.6 Å². The molecule has 0 saturated heterocycles. The average molecular weight is 429 g/mol. The Balaban J connectivity index is 1.92. The molecule has 3 rings (SSSR count). The quantitative estimate of drug-likeness (QED) is 0.412. The van der Waals surface area contributed by atoms with E-state index in [4.69, 9.17) is 17.3 Å². The normalized spacial score (nSPS) is 10.8. The fraction of sp³-hybridized carbons (Fsp3) is 0.182. The summed E-state index contributed by atoms with van der Waals surface area (Å²) in [5.74, 6) is -0.267. The summed E-state index contributed by atoms with van der Waals surface area (Å²) in [5.41, 5.74) is 8.64. The topological polar surface area (TPSA) is 100 Å². The maximum Gasteiger partial charge on any atom is 0.255 e. The minimum Gasteiger partial charge on any atom is -0.507 e. The summed E-state index contributed by atoms with van der Waals surface area (Å²) in [6.45, 7) is 3.02. The number of aromatic hydroxyl groups is 1. The lowest BCUT2D eigenvalue weighted by molar-refractivity contribution is 0.0944. The first kappa shape index (κ1) is 21.4. The van der Waals surface area contributed by atoms with Gasteiger partial charge in [-0.1, -0.05) is 11.6 Å². The summed E-state index contributed by atoms with van der Waals surface area (Å²) in [6, 6.07) is 12.9. The zero-order valence-corrected chi connectivity index (χ0v) is 17.3. The van der Waals surface area contributed by atoms with Crippen LogP contribution in [0.4, 0.5) is 21.6 Å². The minimum absolute atomic E-state index is 0.00588. The second kappa shape index (κ2) is 9.00. The molecule has 0 bridgehead atoms. The molecule has 0 aliphatic carbocycles. The number of anilines is 3. The molecule has 1 heterocycles. The fourth-order valence-corrected chi connectivity index (χ4v) is 3.12. The van der Waals surface area contributed by atoms with Crippen LogP contribution in [0.25, 0.3) is 11.3 Å². The first-order valence-electron chi connectivity index (χ1n) is 9.30. The number of nitrogens with two attached hydrogens (primary N) is 1. The van der Waals surface area contributed by atoms with Gasteiger partial charge in [0.05, 0.1) is 11.3 Å². The number of nitrogen functional groups attached to an aromatic ring is 1. The van der Waals surface area contributed by atoms with Crippen molar-refractivity contribution in [1.82, 2.24) is 10.3 Å². The van der Waals surface area contributed by atoms with Crippen molar-refractivity contribution in [1.29, 1.82) is 0 Å². The lowest BCUT2D eigenvalue weighted by atomic mass is 10.1. The van der Waals surface area contributed by atoms with E-state index < -0.39 is 6.67 Å². The molecular formula is C22H22ClFN4O2. The Morgan fingerprint density at radius 2 is 1.97 bits per heavy atom. The summed E-state index contributed by atoms with van der Waals surface area (Å²) < 4.78 is 13.3. The van der Waals surface area contributed by atoms with E-state index in [2.05, 4.69) is 15.6 Å². The Labute approximate surface area is 178 Å². The summed E-state index contributed by atoms with van der Waals surface area (Å²) in [5, 5.41) is 16.6. The molecule has 0 aliphatic rings. The van der Waals surface area contributed by atoms with E-state index in [0.717, 1.165) is 0 Å². The van der Waals surface area contributed by atoms with Gasteiger partial charge in [0.2, 0.25) is 0 Å². The molecule has 156 valence electrons. The number of carbonyl (C=O) groups excluding carboxylic acids is 1. The number of benzene rings is 2. The van der Waals surface area contributed by atoms with E-state index in [1.807, 2.05) is 13.8 Å². The third-order valence-corrected chi connectivity index (χ3v) is 4.59.